The second-order valence-electron chi connectivity index (χ2n) is 2.88. The van der Waals surface area contributed by atoms with Gasteiger partial charge in [0.25, 0.3) is 0 Å². The van der Waals surface area contributed by atoms with Crippen LogP contribution in [0.2, 0.25) is 0 Å². The molecule has 0 fully saturated rings. The Balaban J connectivity index is 2.31. The van der Waals surface area contributed by atoms with Gasteiger partial charge in [-0.05, 0) is 36.3 Å². The van der Waals surface area contributed by atoms with Gasteiger partial charge in [-0.15, -0.1) is 0 Å². The van der Waals surface area contributed by atoms with Crippen molar-refractivity contribution < 1.29 is 4.39 Å². The van der Waals surface area contributed by atoms with E-state index in [0.29, 0.717) is 5.11 Å². The van der Waals surface area contributed by atoms with Gasteiger partial charge in [-0.1, -0.05) is 12.1 Å². The normalized spacial score (nSPS) is 9.57. The zero-order valence-corrected chi connectivity index (χ0v) is 8.83. The molecule has 0 saturated heterocycles. The molecule has 1 rings (SSSR count). The fourth-order valence-corrected chi connectivity index (χ4v) is 1.16. The molecule has 4 heteroatoms. The smallest absolute Gasteiger partial charge is 0.166 e. The zero-order chi connectivity index (χ0) is 10.4. The van der Waals surface area contributed by atoms with Gasteiger partial charge in [0.05, 0.1) is 0 Å². The van der Waals surface area contributed by atoms with Crippen LogP contribution in [-0.2, 0) is 6.42 Å². The van der Waals surface area contributed by atoms with E-state index < -0.39 is 0 Å². The molecule has 0 aromatic heterocycles. The van der Waals surface area contributed by atoms with Crippen molar-refractivity contribution in [2.24, 2.45) is 0 Å². The summed E-state index contributed by atoms with van der Waals surface area (Å²) in [6.07, 6.45) is 0.835. The molecule has 1 aromatic carbocycles. The van der Waals surface area contributed by atoms with Crippen LogP contribution in [0, 0.1) is 5.82 Å². The molecular formula is C10H13FN2S. The van der Waals surface area contributed by atoms with E-state index in [1.165, 1.54) is 12.1 Å². The Morgan fingerprint density at radius 1 is 1.36 bits per heavy atom. The maximum absolute atomic E-state index is 12.5. The second kappa shape index (κ2) is 5.54. The molecule has 0 aliphatic carbocycles. The van der Waals surface area contributed by atoms with Gasteiger partial charge in [0, 0.05) is 13.6 Å². The SMILES string of the molecule is CNC(=S)NCCc1ccc(F)cc1. The minimum atomic E-state index is -0.201. The summed E-state index contributed by atoms with van der Waals surface area (Å²) in [5.41, 5.74) is 1.10. The highest BCUT2D eigenvalue weighted by Crippen LogP contribution is 2.02. The average Bonchev–Trinajstić information content (AvgIpc) is 2.21. The molecule has 0 atom stereocenters. The van der Waals surface area contributed by atoms with Crippen LogP contribution >= 0.6 is 12.2 Å². The number of rotatable bonds is 3. The first-order valence-electron chi connectivity index (χ1n) is 4.42. The standard InChI is InChI=1S/C10H13FN2S/c1-12-10(14)13-7-6-8-2-4-9(11)5-3-8/h2-5H,6-7H2,1H3,(H2,12,13,14). The molecule has 2 nitrogen and oxygen atoms in total. The Morgan fingerprint density at radius 2 is 2.00 bits per heavy atom. The van der Waals surface area contributed by atoms with Gasteiger partial charge in [-0.25, -0.2) is 4.39 Å². The van der Waals surface area contributed by atoms with Crippen molar-refractivity contribution >= 4 is 17.3 Å². The van der Waals surface area contributed by atoms with Crippen molar-refractivity contribution in [1.29, 1.82) is 0 Å². The van der Waals surface area contributed by atoms with E-state index in [1.807, 2.05) is 0 Å². The summed E-state index contributed by atoms with van der Waals surface area (Å²) in [5, 5.41) is 6.47. The van der Waals surface area contributed by atoms with Gasteiger partial charge in [0.1, 0.15) is 5.82 Å². The van der Waals surface area contributed by atoms with Crippen LogP contribution in [0.4, 0.5) is 4.39 Å². The van der Waals surface area contributed by atoms with E-state index in [-0.39, 0.29) is 5.82 Å². The van der Waals surface area contributed by atoms with Gasteiger partial charge in [0.2, 0.25) is 0 Å². The lowest BCUT2D eigenvalue weighted by molar-refractivity contribution is 0.627. The first kappa shape index (κ1) is 10.9. The monoisotopic (exact) mass is 212 g/mol. The Hall–Kier alpha value is -1.16. The first-order chi connectivity index (χ1) is 6.72. The number of thiocarbonyl (C=S) groups is 1. The molecule has 0 aliphatic rings. The summed E-state index contributed by atoms with van der Waals surface area (Å²) in [5.74, 6) is -0.201. The predicted molar refractivity (Wildman–Crippen MR) is 59.8 cm³/mol. The maximum atomic E-state index is 12.5. The lowest BCUT2D eigenvalue weighted by Crippen LogP contribution is -2.33. The highest BCUT2D eigenvalue weighted by molar-refractivity contribution is 7.80. The summed E-state index contributed by atoms with van der Waals surface area (Å²) in [6.45, 7) is 0.755. The lowest BCUT2D eigenvalue weighted by Gasteiger charge is -2.06. The predicted octanol–water partition coefficient (Wildman–Crippen LogP) is 1.46. The third kappa shape index (κ3) is 3.70. The molecule has 0 aliphatic heterocycles. The summed E-state index contributed by atoms with van der Waals surface area (Å²) in [6, 6.07) is 6.48. The van der Waals surface area contributed by atoms with Crippen LogP contribution in [0.15, 0.2) is 24.3 Å². The Morgan fingerprint density at radius 3 is 2.57 bits per heavy atom. The van der Waals surface area contributed by atoms with Crippen molar-refractivity contribution in [1.82, 2.24) is 10.6 Å². The van der Waals surface area contributed by atoms with E-state index in [1.54, 1.807) is 19.2 Å². The second-order valence-corrected chi connectivity index (χ2v) is 3.29. The Labute approximate surface area is 88.5 Å². The minimum Gasteiger partial charge on any atom is -0.366 e. The van der Waals surface area contributed by atoms with Crippen molar-refractivity contribution in [2.45, 2.75) is 6.42 Å². The van der Waals surface area contributed by atoms with Crippen LogP contribution in [0.3, 0.4) is 0 Å². The van der Waals surface area contributed by atoms with E-state index in [0.717, 1.165) is 18.5 Å². The van der Waals surface area contributed by atoms with Gasteiger partial charge >= 0.3 is 0 Å². The number of hydrogen-bond acceptors (Lipinski definition) is 1. The molecule has 0 amide bonds. The van der Waals surface area contributed by atoms with Gasteiger partial charge < -0.3 is 10.6 Å². The third-order valence-corrected chi connectivity index (χ3v) is 2.19. The molecule has 14 heavy (non-hydrogen) atoms. The summed E-state index contributed by atoms with van der Waals surface area (Å²) >= 11 is 4.91. The van der Waals surface area contributed by atoms with E-state index in [9.17, 15) is 4.39 Å². The molecule has 0 radical (unpaired) electrons. The van der Waals surface area contributed by atoms with Crippen molar-refractivity contribution in [3.05, 3.63) is 35.6 Å². The quantitative estimate of drug-likeness (QED) is 0.742. The number of halogens is 1. The topological polar surface area (TPSA) is 24.1 Å². The summed E-state index contributed by atoms with van der Waals surface area (Å²) in [4.78, 5) is 0. The minimum absolute atomic E-state index is 0.201. The van der Waals surface area contributed by atoms with E-state index in [2.05, 4.69) is 10.6 Å². The number of hydrogen-bond donors (Lipinski definition) is 2. The van der Waals surface area contributed by atoms with Gasteiger partial charge in [-0.3, -0.25) is 0 Å². The molecule has 0 unspecified atom stereocenters. The Bertz CT molecular complexity index is 297. The molecule has 0 saturated carbocycles. The maximum Gasteiger partial charge on any atom is 0.166 e. The van der Waals surface area contributed by atoms with E-state index in [4.69, 9.17) is 12.2 Å². The molecule has 1 aromatic rings. The highest BCUT2D eigenvalue weighted by Gasteiger charge is 1.94. The van der Waals surface area contributed by atoms with E-state index >= 15 is 0 Å². The lowest BCUT2D eigenvalue weighted by atomic mass is 10.1. The largest absolute Gasteiger partial charge is 0.366 e. The number of nitrogens with one attached hydrogen (secondary N) is 2. The van der Waals surface area contributed by atoms with Gasteiger partial charge in [0.15, 0.2) is 5.11 Å². The van der Waals surface area contributed by atoms with Gasteiger partial charge in [-0.2, -0.15) is 0 Å². The fourth-order valence-electron chi connectivity index (χ4n) is 1.06. The summed E-state index contributed by atoms with van der Waals surface area (Å²) in [7, 11) is 1.77. The van der Waals surface area contributed by atoms with Crippen LogP contribution in [0.1, 0.15) is 5.56 Å². The molecular weight excluding hydrogens is 199 g/mol. The van der Waals surface area contributed by atoms with Crippen LogP contribution in [0.5, 0.6) is 0 Å². The highest BCUT2D eigenvalue weighted by atomic mass is 32.1. The molecule has 0 bridgehead atoms. The number of benzene rings is 1. The molecule has 0 spiro atoms. The first-order valence-corrected chi connectivity index (χ1v) is 4.83. The zero-order valence-electron chi connectivity index (χ0n) is 8.01. The fraction of sp³-hybridized carbons (Fsp3) is 0.300. The molecule has 2 N–H and O–H groups in total. The van der Waals surface area contributed by atoms with Crippen LogP contribution < -0.4 is 10.6 Å². The van der Waals surface area contributed by atoms with Crippen LogP contribution in [-0.4, -0.2) is 18.7 Å². The van der Waals surface area contributed by atoms with Crippen molar-refractivity contribution in [2.75, 3.05) is 13.6 Å². The Kier molecular flexibility index (Phi) is 4.32. The average molecular weight is 212 g/mol. The summed E-state index contributed by atoms with van der Waals surface area (Å²) < 4.78 is 12.5. The van der Waals surface area contributed by atoms with Crippen molar-refractivity contribution in [3.63, 3.8) is 0 Å². The molecule has 0 heterocycles. The third-order valence-electron chi connectivity index (χ3n) is 1.84. The van der Waals surface area contributed by atoms with Crippen molar-refractivity contribution in [3.8, 4) is 0 Å². The van der Waals surface area contributed by atoms with Crippen LogP contribution in [0.25, 0.3) is 0 Å². The molecule has 76 valence electrons.